The number of hydrogen-bond acceptors (Lipinski definition) is 3. The molecule has 6 heteroatoms. The molecule has 21 heavy (non-hydrogen) atoms. The summed E-state index contributed by atoms with van der Waals surface area (Å²) in [4.78, 5) is 12.3. The zero-order valence-corrected chi connectivity index (χ0v) is 13.1. The number of aryl methyl sites for hydroxylation is 1. The molecule has 0 atom stereocenters. The maximum absolute atomic E-state index is 12.3. The summed E-state index contributed by atoms with van der Waals surface area (Å²) in [6.07, 6.45) is 3.51. The van der Waals surface area contributed by atoms with E-state index in [1.165, 1.54) is 0 Å². The lowest BCUT2D eigenvalue weighted by atomic mass is 10.3. The van der Waals surface area contributed by atoms with Gasteiger partial charge in [-0.15, -0.1) is 0 Å². The minimum absolute atomic E-state index is 0.0593. The van der Waals surface area contributed by atoms with Gasteiger partial charge in [-0.2, -0.15) is 5.10 Å². The highest BCUT2D eigenvalue weighted by molar-refractivity contribution is 9.10. The molecule has 2 heterocycles. The van der Waals surface area contributed by atoms with E-state index in [1.807, 2.05) is 31.2 Å². The maximum Gasteiger partial charge on any atom is 0.276 e. The number of hydrogen-bond donors (Lipinski definition) is 0. The normalized spacial score (nSPS) is 11.0. The smallest absolute Gasteiger partial charge is 0.276 e. The van der Waals surface area contributed by atoms with Gasteiger partial charge in [0, 0.05) is 16.9 Å². The molecule has 0 saturated heterocycles. The largest absolute Gasteiger partial charge is 0.492 e. The Morgan fingerprint density at radius 3 is 2.95 bits per heavy atom. The van der Waals surface area contributed by atoms with Crippen LogP contribution in [-0.4, -0.2) is 20.8 Å². The van der Waals surface area contributed by atoms with Crippen LogP contribution in [0.5, 0.6) is 5.75 Å². The van der Waals surface area contributed by atoms with Crippen LogP contribution in [0.3, 0.4) is 0 Å². The minimum Gasteiger partial charge on any atom is -0.492 e. The van der Waals surface area contributed by atoms with Crippen LogP contribution >= 0.6 is 15.9 Å². The molecule has 0 N–H and O–H groups in total. The highest BCUT2D eigenvalue weighted by Crippen LogP contribution is 2.17. The summed E-state index contributed by atoms with van der Waals surface area (Å²) < 4.78 is 9.85. The molecule has 0 saturated carbocycles. The molecule has 108 valence electrons. The van der Waals surface area contributed by atoms with Crippen molar-refractivity contribution in [2.24, 2.45) is 0 Å². The van der Waals surface area contributed by atoms with E-state index < -0.39 is 0 Å². The van der Waals surface area contributed by atoms with Crippen molar-refractivity contribution < 1.29 is 4.74 Å². The van der Waals surface area contributed by atoms with Crippen LogP contribution in [0.1, 0.15) is 5.69 Å². The Morgan fingerprint density at radius 2 is 2.14 bits per heavy atom. The lowest BCUT2D eigenvalue weighted by molar-refractivity contribution is 0.296. The second-order valence-electron chi connectivity index (χ2n) is 4.72. The van der Waals surface area contributed by atoms with Gasteiger partial charge < -0.3 is 9.30 Å². The highest BCUT2D eigenvalue weighted by atomic mass is 79.9. The van der Waals surface area contributed by atoms with Crippen LogP contribution in [-0.2, 0) is 6.54 Å². The van der Waals surface area contributed by atoms with E-state index in [2.05, 4.69) is 21.0 Å². The van der Waals surface area contributed by atoms with Gasteiger partial charge in [0.25, 0.3) is 5.56 Å². The summed E-state index contributed by atoms with van der Waals surface area (Å²) in [7, 11) is 0. The molecule has 0 aliphatic carbocycles. The van der Waals surface area contributed by atoms with Crippen molar-refractivity contribution in [2.45, 2.75) is 13.5 Å². The van der Waals surface area contributed by atoms with Gasteiger partial charge in [0.05, 0.1) is 12.2 Å². The Balaban J connectivity index is 1.73. The average molecular weight is 348 g/mol. The van der Waals surface area contributed by atoms with Crippen LogP contribution in [0, 0.1) is 6.92 Å². The molecule has 1 aromatic carbocycles. The summed E-state index contributed by atoms with van der Waals surface area (Å²) in [5.41, 5.74) is 1.35. The molecule has 5 nitrogen and oxygen atoms in total. The van der Waals surface area contributed by atoms with E-state index in [-0.39, 0.29) is 5.56 Å². The lowest BCUT2D eigenvalue weighted by Crippen LogP contribution is -2.24. The van der Waals surface area contributed by atoms with E-state index in [0.717, 1.165) is 15.9 Å². The Hall–Kier alpha value is -2.08. The molecule has 2 aromatic heterocycles. The Labute approximate surface area is 129 Å². The number of benzene rings is 1. The molecular weight excluding hydrogens is 334 g/mol. The lowest BCUT2D eigenvalue weighted by Gasteiger charge is -2.08. The fourth-order valence-electron chi connectivity index (χ4n) is 2.14. The SMILES string of the molecule is Cc1cc2c(=O)n(CCOc3cccc(Br)c3)ccn2n1. The van der Waals surface area contributed by atoms with Crippen molar-refractivity contribution in [1.29, 1.82) is 0 Å². The topological polar surface area (TPSA) is 48.5 Å². The van der Waals surface area contributed by atoms with Crippen molar-refractivity contribution >= 4 is 21.4 Å². The first-order chi connectivity index (χ1) is 10.1. The number of aromatic nitrogens is 3. The van der Waals surface area contributed by atoms with Crippen molar-refractivity contribution in [3.05, 3.63) is 63.2 Å². The molecule has 0 radical (unpaired) electrons. The Morgan fingerprint density at radius 1 is 1.29 bits per heavy atom. The molecule has 3 aromatic rings. The van der Waals surface area contributed by atoms with Crippen LogP contribution in [0.4, 0.5) is 0 Å². The number of fused-ring (bicyclic) bond motifs is 1. The zero-order chi connectivity index (χ0) is 14.8. The summed E-state index contributed by atoms with van der Waals surface area (Å²) in [5.74, 6) is 0.777. The number of halogens is 1. The van der Waals surface area contributed by atoms with Gasteiger partial charge in [-0.25, -0.2) is 4.52 Å². The zero-order valence-electron chi connectivity index (χ0n) is 11.5. The van der Waals surface area contributed by atoms with E-state index >= 15 is 0 Å². The Kier molecular flexibility index (Phi) is 3.79. The van der Waals surface area contributed by atoms with Crippen LogP contribution in [0.25, 0.3) is 5.52 Å². The minimum atomic E-state index is -0.0593. The van der Waals surface area contributed by atoms with Crippen LogP contribution in [0.15, 0.2) is 52.0 Å². The number of ether oxygens (including phenoxy) is 1. The molecule has 0 aliphatic rings. The second kappa shape index (κ2) is 5.73. The van der Waals surface area contributed by atoms with Gasteiger partial charge in [0.15, 0.2) is 0 Å². The summed E-state index contributed by atoms with van der Waals surface area (Å²) in [6.45, 7) is 2.79. The monoisotopic (exact) mass is 347 g/mol. The van der Waals surface area contributed by atoms with Gasteiger partial charge in [0.1, 0.15) is 17.9 Å². The summed E-state index contributed by atoms with van der Waals surface area (Å²) in [6, 6.07) is 9.41. The fraction of sp³-hybridized carbons (Fsp3) is 0.200. The molecule has 0 amide bonds. The average Bonchev–Trinajstić information content (AvgIpc) is 2.83. The molecule has 0 spiro atoms. The van der Waals surface area contributed by atoms with E-state index in [9.17, 15) is 4.79 Å². The second-order valence-corrected chi connectivity index (χ2v) is 5.63. The third kappa shape index (κ3) is 3.00. The fourth-order valence-corrected chi connectivity index (χ4v) is 2.52. The predicted octanol–water partition coefficient (Wildman–Crippen LogP) is 2.65. The molecular formula is C15H14BrN3O2. The van der Waals surface area contributed by atoms with Crippen LogP contribution < -0.4 is 10.3 Å². The van der Waals surface area contributed by atoms with E-state index in [1.54, 1.807) is 27.5 Å². The first-order valence-electron chi connectivity index (χ1n) is 6.57. The molecule has 3 rings (SSSR count). The highest BCUT2D eigenvalue weighted by Gasteiger charge is 2.05. The van der Waals surface area contributed by atoms with Gasteiger partial charge in [0.2, 0.25) is 0 Å². The van der Waals surface area contributed by atoms with Crippen molar-refractivity contribution in [3.8, 4) is 5.75 Å². The number of nitrogens with zero attached hydrogens (tertiary/aromatic N) is 3. The first-order valence-corrected chi connectivity index (χ1v) is 7.36. The van der Waals surface area contributed by atoms with Crippen LogP contribution in [0.2, 0.25) is 0 Å². The predicted molar refractivity (Wildman–Crippen MR) is 83.8 cm³/mol. The van der Waals surface area contributed by atoms with Gasteiger partial charge >= 0.3 is 0 Å². The van der Waals surface area contributed by atoms with Crippen molar-refractivity contribution in [1.82, 2.24) is 14.2 Å². The first kappa shape index (κ1) is 13.9. The maximum atomic E-state index is 12.3. The standard InChI is InChI=1S/C15H14BrN3O2/c1-11-9-14-15(20)18(5-6-19(14)17-11)7-8-21-13-4-2-3-12(16)10-13/h2-6,9-10H,7-8H2,1H3. The molecule has 0 bridgehead atoms. The van der Waals surface area contributed by atoms with E-state index in [0.29, 0.717) is 18.7 Å². The van der Waals surface area contributed by atoms with Gasteiger partial charge in [-0.3, -0.25) is 4.79 Å². The van der Waals surface area contributed by atoms with Gasteiger partial charge in [-0.05, 0) is 31.2 Å². The molecule has 0 aliphatic heterocycles. The molecule has 0 unspecified atom stereocenters. The molecule has 0 fully saturated rings. The third-order valence-electron chi connectivity index (χ3n) is 3.12. The summed E-state index contributed by atoms with van der Waals surface area (Å²) in [5, 5.41) is 4.22. The Bertz CT molecular complexity index is 838. The van der Waals surface area contributed by atoms with Crippen molar-refractivity contribution in [2.75, 3.05) is 6.61 Å². The van der Waals surface area contributed by atoms with Gasteiger partial charge in [-0.1, -0.05) is 22.0 Å². The quantitative estimate of drug-likeness (QED) is 0.728. The number of rotatable bonds is 4. The van der Waals surface area contributed by atoms with Crippen molar-refractivity contribution in [3.63, 3.8) is 0 Å². The summed E-state index contributed by atoms with van der Waals surface area (Å²) >= 11 is 3.40. The third-order valence-corrected chi connectivity index (χ3v) is 3.62. The van der Waals surface area contributed by atoms with E-state index in [4.69, 9.17) is 4.74 Å².